The minimum Gasteiger partial charge on any atom is -0.475 e. The van der Waals surface area contributed by atoms with Crippen molar-refractivity contribution >= 4 is 11.9 Å². The van der Waals surface area contributed by atoms with Crippen LogP contribution in [0.1, 0.15) is 16.8 Å². The molecule has 3 N–H and O–H groups in total. The van der Waals surface area contributed by atoms with Gasteiger partial charge in [-0.05, 0) is 19.0 Å². The van der Waals surface area contributed by atoms with Crippen molar-refractivity contribution in [3.05, 3.63) is 41.5 Å². The van der Waals surface area contributed by atoms with Crippen LogP contribution in [0.15, 0.2) is 30.1 Å². The number of hydrogen-bond acceptors (Lipinski definition) is 4. The zero-order valence-electron chi connectivity index (χ0n) is 12.4. The van der Waals surface area contributed by atoms with E-state index in [0.29, 0.717) is 6.54 Å². The second-order valence-electron chi connectivity index (χ2n) is 4.66. The SMILES string of the molecule is O=C(NCC1=CCNCC1)c1ccncc1F.O=C(O)C(F)(F)F. The minimum atomic E-state index is -5.08. The van der Waals surface area contributed by atoms with Gasteiger partial charge < -0.3 is 15.7 Å². The number of carbonyl (C=O) groups excluding carboxylic acids is 1. The van der Waals surface area contributed by atoms with Crippen molar-refractivity contribution in [3.8, 4) is 0 Å². The quantitative estimate of drug-likeness (QED) is 0.568. The summed E-state index contributed by atoms with van der Waals surface area (Å²) in [7, 11) is 0. The van der Waals surface area contributed by atoms with Crippen molar-refractivity contribution in [2.45, 2.75) is 12.6 Å². The average Bonchev–Trinajstić information content (AvgIpc) is 2.54. The van der Waals surface area contributed by atoms with Crippen molar-refractivity contribution in [2.75, 3.05) is 19.6 Å². The lowest BCUT2D eigenvalue weighted by Crippen LogP contribution is -2.30. The van der Waals surface area contributed by atoms with E-state index in [2.05, 4.69) is 15.6 Å². The van der Waals surface area contributed by atoms with E-state index in [1.165, 1.54) is 17.8 Å². The average molecular weight is 349 g/mol. The van der Waals surface area contributed by atoms with Crippen LogP contribution in [-0.4, -0.2) is 47.8 Å². The highest BCUT2D eigenvalue weighted by atomic mass is 19.4. The van der Waals surface area contributed by atoms with E-state index in [-0.39, 0.29) is 5.56 Å². The predicted molar refractivity (Wildman–Crippen MR) is 75.8 cm³/mol. The summed E-state index contributed by atoms with van der Waals surface area (Å²) in [6.45, 7) is 2.22. The number of aliphatic carboxylic acids is 1. The van der Waals surface area contributed by atoms with Crippen LogP contribution < -0.4 is 10.6 Å². The number of carboxylic acids is 1. The fourth-order valence-corrected chi connectivity index (χ4v) is 1.68. The number of carboxylic acid groups (broad SMARTS) is 1. The second kappa shape index (κ2) is 8.96. The van der Waals surface area contributed by atoms with E-state index in [1.54, 1.807) is 0 Å². The molecule has 1 aliphatic rings. The number of hydrogen-bond donors (Lipinski definition) is 3. The molecule has 0 spiro atoms. The Labute approximate surface area is 134 Å². The first-order valence-corrected chi connectivity index (χ1v) is 6.78. The Balaban J connectivity index is 0.000000351. The molecule has 0 fully saturated rings. The van der Waals surface area contributed by atoms with E-state index in [9.17, 15) is 22.4 Å². The number of aromatic nitrogens is 1. The Kier molecular flexibility index (Phi) is 7.31. The molecule has 0 atom stereocenters. The van der Waals surface area contributed by atoms with Crippen molar-refractivity contribution in [1.29, 1.82) is 0 Å². The van der Waals surface area contributed by atoms with Crippen molar-refractivity contribution in [2.24, 2.45) is 0 Å². The maximum absolute atomic E-state index is 13.3. The molecule has 0 unspecified atom stereocenters. The van der Waals surface area contributed by atoms with Gasteiger partial charge in [-0.1, -0.05) is 11.6 Å². The number of halogens is 4. The molecule has 10 heteroatoms. The van der Waals surface area contributed by atoms with Crippen LogP contribution in [0.2, 0.25) is 0 Å². The predicted octanol–water partition coefficient (Wildman–Crippen LogP) is 1.50. The Morgan fingerprint density at radius 3 is 2.54 bits per heavy atom. The third kappa shape index (κ3) is 6.73. The highest BCUT2D eigenvalue weighted by molar-refractivity contribution is 5.94. The number of amides is 1. The molecular formula is C14H15F4N3O3. The summed E-state index contributed by atoms with van der Waals surface area (Å²) in [4.78, 5) is 24.2. The van der Waals surface area contributed by atoms with Crippen LogP contribution in [0.3, 0.4) is 0 Å². The molecule has 132 valence electrons. The highest BCUT2D eigenvalue weighted by Gasteiger charge is 2.38. The monoisotopic (exact) mass is 349 g/mol. The molecule has 0 radical (unpaired) electrons. The van der Waals surface area contributed by atoms with Gasteiger partial charge in [0, 0.05) is 19.3 Å². The molecular weight excluding hydrogens is 334 g/mol. The number of pyridine rings is 1. The largest absolute Gasteiger partial charge is 0.490 e. The summed E-state index contributed by atoms with van der Waals surface area (Å²) in [5, 5.41) is 13.0. The zero-order valence-corrected chi connectivity index (χ0v) is 12.4. The van der Waals surface area contributed by atoms with Crippen LogP contribution in [0.4, 0.5) is 17.6 Å². The molecule has 24 heavy (non-hydrogen) atoms. The van der Waals surface area contributed by atoms with Gasteiger partial charge in [0.05, 0.1) is 11.8 Å². The van der Waals surface area contributed by atoms with Crippen molar-refractivity contribution in [1.82, 2.24) is 15.6 Å². The van der Waals surface area contributed by atoms with E-state index in [0.717, 1.165) is 25.7 Å². The van der Waals surface area contributed by atoms with Gasteiger partial charge in [-0.25, -0.2) is 9.18 Å². The van der Waals surface area contributed by atoms with E-state index < -0.39 is 23.9 Å². The molecule has 1 amide bonds. The number of nitrogens with one attached hydrogen (secondary N) is 2. The zero-order chi connectivity index (χ0) is 18.2. The van der Waals surface area contributed by atoms with Crippen molar-refractivity contribution in [3.63, 3.8) is 0 Å². The molecule has 2 heterocycles. The molecule has 0 aliphatic carbocycles. The molecule has 0 aromatic carbocycles. The third-order valence-electron chi connectivity index (χ3n) is 2.89. The van der Waals surface area contributed by atoms with Gasteiger partial charge in [0.2, 0.25) is 0 Å². The Morgan fingerprint density at radius 1 is 1.38 bits per heavy atom. The first kappa shape index (κ1) is 19.6. The third-order valence-corrected chi connectivity index (χ3v) is 2.89. The maximum atomic E-state index is 13.3. The van der Waals surface area contributed by atoms with E-state index >= 15 is 0 Å². The highest BCUT2D eigenvalue weighted by Crippen LogP contribution is 2.13. The van der Waals surface area contributed by atoms with Gasteiger partial charge >= 0.3 is 12.1 Å². The fraction of sp³-hybridized carbons (Fsp3) is 0.357. The molecule has 0 saturated heterocycles. The lowest BCUT2D eigenvalue weighted by molar-refractivity contribution is -0.192. The molecule has 6 nitrogen and oxygen atoms in total. The van der Waals surface area contributed by atoms with Gasteiger partial charge in [-0.15, -0.1) is 0 Å². The smallest absolute Gasteiger partial charge is 0.475 e. The lowest BCUT2D eigenvalue weighted by Gasteiger charge is -2.14. The number of alkyl halides is 3. The summed E-state index contributed by atoms with van der Waals surface area (Å²) in [6, 6.07) is 1.38. The molecule has 0 saturated carbocycles. The first-order valence-electron chi connectivity index (χ1n) is 6.78. The Morgan fingerprint density at radius 2 is 2.04 bits per heavy atom. The fourth-order valence-electron chi connectivity index (χ4n) is 1.68. The topological polar surface area (TPSA) is 91.3 Å². The van der Waals surface area contributed by atoms with Crippen LogP contribution >= 0.6 is 0 Å². The van der Waals surface area contributed by atoms with Crippen LogP contribution in [0, 0.1) is 5.82 Å². The summed E-state index contributed by atoms with van der Waals surface area (Å²) in [5.74, 6) is -3.75. The summed E-state index contributed by atoms with van der Waals surface area (Å²) >= 11 is 0. The minimum absolute atomic E-state index is 0.0366. The lowest BCUT2D eigenvalue weighted by atomic mass is 10.1. The molecule has 1 aliphatic heterocycles. The standard InChI is InChI=1S/C12H14FN3O.C2HF3O2/c13-11-8-15-6-3-10(11)12(17)16-7-9-1-4-14-5-2-9;3-2(4,5)1(6)7/h1,3,6,8,14H,2,4-5,7H2,(H,16,17);(H,6,7). The number of nitrogens with zero attached hydrogens (tertiary/aromatic N) is 1. The molecule has 2 rings (SSSR count). The molecule has 1 aromatic rings. The Bertz CT molecular complexity index is 618. The van der Waals surface area contributed by atoms with Crippen LogP contribution in [-0.2, 0) is 4.79 Å². The van der Waals surface area contributed by atoms with Gasteiger partial charge in [-0.2, -0.15) is 13.2 Å². The van der Waals surface area contributed by atoms with Gasteiger partial charge in [0.15, 0.2) is 5.82 Å². The van der Waals surface area contributed by atoms with Gasteiger partial charge in [0.1, 0.15) is 0 Å². The summed E-state index contributed by atoms with van der Waals surface area (Å²) in [5.41, 5.74) is 1.21. The summed E-state index contributed by atoms with van der Waals surface area (Å²) < 4.78 is 45.0. The molecule has 1 aromatic heterocycles. The normalized spacial score (nSPS) is 14.1. The van der Waals surface area contributed by atoms with E-state index in [4.69, 9.17) is 9.90 Å². The van der Waals surface area contributed by atoms with E-state index in [1.807, 2.05) is 6.08 Å². The molecule has 0 bridgehead atoms. The number of rotatable bonds is 3. The maximum Gasteiger partial charge on any atom is 0.490 e. The summed E-state index contributed by atoms with van der Waals surface area (Å²) in [6.07, 6.45) is 0.326. The van der Waals surface area contributed by atoms with Crippen LogP contribution in [0.5, 0.6) is 0 Å². The first-order chi connectivity index (χ1) is 11.2. The number of carbonyl (C=O) groups is 2. The Hall–Kier alpha value is -2.49. The van der Waals surface area contributed by atoms with Gasteiger partial charge in [-0.3, -0.25) is 9.78 Å². The van der Waals surface area contributed by atoms with Crippen LogP contribution in [0.25, 0.3) is 0 Å². The van der Waals surface area contributed by atoms with Crippen molar-refractivity contribution < 1.29 is 32.3 Å². The van der Waals surface area contributed by atoms with Gasteiger partial charge in [0.25, 0.3) is 5.91 Å². The second-order valence-corrected chi connectivity index (χ2v) is 4.66.